The summed E-state index contributed by atoms with van der Waals surface area (Å²) in [5, 5.41) is 25.6. The van der Waals surface area contributed by atoms with Crippen LogP contribution in [0.3, 0.4) is 0 Å². The number of benzene rings is 2. The molecular formula is C21H17ClN3O3S+. The molecule has 146 valence electrons. The highest BCUT2D eigenvalue weighted by Gasteiger charge is 2.24. The molecule has 0 fully saturated rings. The number of halogens is 1. The summed E-state index contributed by atoms with van der Waals surface area (Å²) in [6.07, 6.45) is 3.59. The zero-order chi connectivity index (χ0) is 21.0. The van der Waals surface area contributed by atoms with Crippen LogP contribution in [0.2, 0.25) is 5.02 Å². The molecule has 1 heterocycles. The Labute approximate surface area is 177 Å². The molecule has 0 atom stereocenters. The molecule has 1 aromatic heterocycles. The molecule has 0 saturated heterocycles. The monoisotopic (exact) mass is 426 g/mol. The highest BCUT2D eigenvalue weighted by atomic mass is 35.5. The van der Waals surface area contributed by atoms with Crippen molar-refractivity contribution in [3.05, 3.63) is 99.3 Å². The number of anilines is 1. The number of nitrogens with one attached hydrogen (secondary N) is 1. The number of pyridine rings is 1. The first-order valence-electron chi connectivity index (χ1n) is 8.58. The van der Waals surface area contributed by atoms with E-state index in [4.69, 9.17) is 23.8 Å². The smallest absolute Gasteiger partial charge is 0.288 e. The average molecular weight is 427 g/mol. The van der Waals surface area contributed by atoms with E-state index in [2.05, 4.69) is 5.32 Å². The van der Waals surface area contributed by atoms with Gasteiger partial charge in [0, 0.05) is 40.0 Å². The van der Waals surface area contributed by atoms with E-state index in [0.29, 0.717) is 22.0 Å². The Morgan fingerprint density at radius 1 is 1.14 bits per heavy atom. The summed E-state index contributed by atoms with van der Waals surface area (Å²) in [6.45, 7) is 1.92. The standard InChI is InChI=1S/C21H16ClN3O3S/c1-14-3-2-12-24(13-14)19(21(29)23-17-8-6-16(22)7-9-17)20(26)15-4-10-18(11-5-15)25(27)28/h2-13H,1H3,(H-,23,26,29)/p+1. The molecule has 0 spiro atoms. The summed E-state index contributed by atoms with van der Waals surface area (Å²) in [4.78, 5) is 10.7. The van der Waals surface area contributed by atoms with Gasteiger partial charge in [-0.1, -0.05) is 23.8 Å². The van der Waals surface area contributed by atoms with E-state index in [1.165, 1.54) is 24.3 Å². The number of rotatable bonds is 5. The van der Waals surface area contributed by atoms with Crippen LogP contribution < -0.4 is 9.88 Å². The minimum absolute atomic E-state index is 0.0619. The number of nitrogens with zero attached hydrogens (tertiary/aromatic N) is 2. The van der Waals surface area contributed by atoms with E-state index in [1.54, 1.807) is 35.0 Å². The summed E-state index contributed by atoms with van der Waals surface area (Å²) in [7, 11) is 0. The zero-order valence-corrected chi connectivity index (χ0v) is 16.9. The molecule has 0 saturated carbocycles. The number of nitro groups is 1. The van der Waals surface area contributed by atoms with Crippen LogP contribution in [0.4, 0.5) is 11.4 Å². The van der Waals surface area contributed by atoms with Gasteiger partial charge in [-0.05, 0) is 49.4 Å². The molecule has 0 radical (unpaired) electrons. The third-order valence-corrected chi connectivity index (χ3v) is 4.65. The van der Waals surface area contributed by atoms with Crippen LogP contribution in [0.5, 0.6) is 0 Å². The number of hydrogen-bond donors (Lipinski definition) is 2. The lowest BCUT2D eigenvalue weighted by atomic mass is 10.1. The predicted octanol–water partition coefficient (Wildman–Crippen LogP) is 5.17. The SMILES string of the molecule is Cc1ccc[n+](/C(C(=S)Nc2ccc(Cl)cc2)=C(\O)c2ccc([N+](=O)[O-])cc2)c1. The van der Waals surface area contributed by atoms with Gasteiger partial charge in [0.05, 0.1) is 4.92 Å². The van der Waals surface area contributed by atoms with Crippen molar-refractivity contribution in [3.63, 3.8) is 0 Å². The Morgan fingerprint density at radius 2 is 1.79 bits per heavy atom. The van der Waals surface area contributed by atoms with Gasteiger partial charge in [-0.2, -0.15) is 4.57 Å². The maximum atomic E-state index is 11.0. The first kappa shape index (κ1) is 20.4. The molecule has 0 unspecified atom stereocenters. The van der Waals surface area contributed by atoms with Crippen molar-refractivity contribution in [1.29, 1.82) is 0 Å². The summed E-state index contributed by atoms with van der Waals surface area (Å²) < 4.78 is 1.71. The van der Waals surface area contributed by atoms with Gasteiger partial charge in [-0.3, -0.25) is 10.1 Å². The molecule has 0 aliphatic heterocycles. The van der Waals surface area contributed by atoms with Gasteiger partial charge >= 0.3 is 0 Å². The maximum absolute atomic E-state index is 11.0. The summed E-state index contributed by atoms with van der Waals surface area (Å²) >= 11 is 11.5. The highest BCUT2D eigenvalue weighted by molar-refractivity contribution is 7.81. The van der Waals surface area contributed by atoms with Crippen molar-refractivity contribution in [1.82, 2.24) is 0 Å². The molecule has 0 bridgehead atoms. The zero-order valence-electron chi connectivity index (χ0n) is 15.4. The summed E-state index contributed by atoms with van der Waals surface area (Å²) in [6, 6.07) is 16.4. The van der Waals surface area contributed by atoms with Crippen molar-refractivity contribution in [2.24, 2.45) is 0 Å². The molecule has 0 amide bonds. The molecule has 3 aromatic rings. The number of aromatic nitrogens is 1. The van der Waals surface area contributed by atoms with Gasteiger partial charge in [0.1, 0.15) is 0 Å². The van der Waals surface area contributed by atoms with Crippen LogP contribution >= 0.6 is 23.8 Å². The second kappa shape index (κ2) is 8.81. The molecule has 2 aromatic carbocycles. The Hall–Kier alpha value is -3.29. The molecule has 0 aliphatic carbocycles. The van der Waals surface area contributed by atoms with Gasteiger partial charge in [-0.25, -0.2) is 0 Å². The van der Waals surface area contributed by atoms with Crippen molar-refractivity contribution in [2.75, 3.05) is 5.32 Å². The van der Waals surface area contributed by atoms with Crippen LogP contribution in [0.15, 0.2) is 73.1 Å². The molecular weight excluding hydrogens is 410 g/mol. The van der Waals surface area contributed by atoms with Crippen LogP contribution in [0.1, 0.15) is 11.1 Å². The predicted molar refractivity (Wildman–Crippen MR) is 118 cm³/mol. The fourth-order valence-corrected chi connectivity index (χ4v) is 3.13. The maximum Gasteiger partial charge on any atom is 0.288 e. The third-order valence-electron chi connectivity index (χ3n) is 4.10. The van der Waals surface area contributed by atoms with E-state index < -0.39 is 4.92 Å². The first-order chi connectivity index (χ1) is 13.8. The van der Waals surface area contributed by atoms with Gasteiger partial charge < -0.3 is 10.4 Å². The Kier molecular flexibility index (Phi) is 6.21. The number of aryl methyl sites for hydroxylation is 1. The third kappa shape index (κ3) is 4.96. The molecule has 8 heteroatoms. The molecule has 0 aliphatic rings. The number of nitro benzene ring substituents is 1. The average Bonchev–Trinajstić information content (AvgIpc) is 2.70. The topological polar surface area (TPSA) is 79.3 Å². The quantitative estimate of drug-likeness (QED) is 0.147. The fraction of sp³-hybridized carbons (Fsp3) is 0.0476. The van der Waals surface area contributed by atoms with Gasteiger partial charge in [0.2, 0.25) is 0 Å². The lowest BCUT2D eigenvalue weighted by molar-refractivity contribution is -0.576. The number of non-ortho nitro benzene ring substituents is 1. The lowest BCUT2D eigenvalue weighted by Gasteiger charge is -2.10. The van der Waals surface area contributed by atoms with Crippen LogP contribution in [-0.4, -0.2) is 15.0 Å². The highest BCUT2D eigenvalue weighted by Crippen LogP contribution is 2.22. The second-order valence-corrected chi connectivity index (χ2v) is 7.10. The van der Waals surface area contributed by atoms with Gasteiger partial charge in [-0.15, -0.1) is 0 Å². The van der Waals surface area contributed by atoms with Crippen molar-refractivity contribution < 1.29 is 14.6 Å². The van der Waals surface area contributed by atoms with E-state index in [9.17, 15) is 15.2 Å². The summed E-state index contributed by atoms with van der Waals surface area (Å²) in [5.41, 5.74) is 2.36. The number of hydrogen-bond acceptors (Lipinski definition) is 4. The molecule has 6 nitrogen and oxygen atoms in total. The Balaban J connectivity index is 2.06. The fourth-order valence-electron chi connectivity index (χ4n) is 2.68. The summed E-state index contributed by atoms with van der Waals surface area (Å²) in [5.74, 6) is -0.109. The van der Waals surface area contributed by atoms with E-state index in [1.807, 2.05) is 25.3 Å². The molecule has 2 N–H and O–H groups in total. The minimum atomic E-state index is -0.493. The normalized spacial score (nSPS) is 11.5. The van der Waals surface area contributed by atoms with E-state index in [-0.39, 0.29) is 16.4 Å². The van der Waals surface area contributed by atoms with Crippen molar-refractivity contribution in [3.8, 4) is 0 Å². The number of aliphatic hydroxyl groups excluding tert-OH is 1. The lowest BCUT2D eigenvalue weighted by Crippen LogP contribution is -2.38. The van der Waals surface area contributed by atoms with Gasteiger partial charge in [0.15, 0.2) is 23.1 Å². The number of thiocarbonyl (C=S) groups is 1. The first-order valence-corrected chi connectivity index (χ1v) is 9.37. The van der Waals surface area contributed by atoms with Crippen LogP contribution in [0, 0.1) is 17.0 Å². The molecule has 3 rings (SSSR count). The van der Waals surface area contributed by atoms with Crippen LogP contribution in [-0.2, 0) is 0 Å². The minimum Gasteiger partial charge on any atom is -0.502 e. The van der Waals surface area contributed by atoms with Crippen molar-refractivity contribution in [2.45, 2.75) is 6.92 Å². The number of aliphatic hydroxyl groups is 1. The van der Waals surface area contributed by atoms with Crippen LogP contribution in [0.25, 0.3) is 11.5 Å². The van der Waals surface area contributed by atoms with Gasteiger partial charge in [0.25, 0.3) is 11.4 Å². The van der Waals surface area contributed by atoms with E-state index in [0.717, 1.165) is 5.56 Å². The Morgan fingerprint density at radius 3 is 2.38 bits per heavy atom. The largest absolute Gasteiger partial charge is 0.502 e. The molecule has 29 heavy (non-hydrogen) atoms. The van der Waals surface area contributed by atoms with Crippen molar-refractivity contribution >= 4 is 51.6 Å². The van der Waals surface area contributed by atoms with E-state index >= 15 is 0 Å². The second-order valence-electron chi connectivity index (χ2n) is 6.25. The Bertz CT molecular complexity index is 1100.